The van der Waals surface area contributed by atoms with E-state index in [1.165, 1.54) is 18.6 Å². The molecule has 2 saturated heterocycles. The number of nitrogens with zero attached hydrogens (tertiary/aromatic N) is 1. The second kappa shape index (κ2) is 8.41. The highest BCUT2D eigenvalue weighted by Gasteiger charge is 2.33. The Morgan fingerprint density at radius 2 is 2.05 bits per heavy atom. The average molecular weight is 330 g/mol. The van der Waals surface area contributed by atoms with Crippen LogP contribution in [0.2, 0.25) is 0 Å². The predicted octanol–water partition coefficient (Wildman–Crippen LogP) is 2.02. The first kappa shape index (κ1) is 17.9. The molecule has 6 heteroatoms. The van der Waals surface area contributed by atoms with Crippen molar-refractivity contribution in [2.24, 2.45) is 4.99 Å². The number of guanidine groups is 1. The minimum absolute atomic E-state index is 0.160. The summed E-state index contributed by atoms with van der Waals surface area (Å²) >= 11 is 2.07. The second-order valence-electron chi connectivity index (χ2n) is 6.45. The molecule has 0 saturated carbocycles. The minimum Gasteiger partial charge on any atom is -0.381 e. The molecule has 1 atom stereocenters. The summed E-state index contributed by atoms with van der Waals surface area (Å²) in [4.78, 5) is 4.78. The molecular weight excluding hydrogens is 298 g/mol. The molecular formula is C16H31N3O2S. The van der Waals surface area contributed by atoms with E-state index >= 15 is 0 Å². The molecule has 0 aromatic heterocycles. The van der Waals surface area contributed by atoms with Crippen LogP contribution in [-0.4, -0.2) is 62.0 Å². The summed E-state index contributed by atoms with van der Waals surface area (Å²) in [6.07, 6.45) is 4.44. The molecule has 22 heavy (non-hydrogen) atoms. The van der Waals surface area contributed by atoms with Gasteiger partial charge in [0, 0.05) is 51.0 Å². The van der Waals surface area contributed by atoms with Gasteiger partial charge in [-0.05, 0) is 32.4 Å². The molecule has 2 aliphatic rings. The van der Waals surface area contributed by atoms with Crippen LogP contribution in [0.1, 0.15) is 39.5 Å². The third-order valence-electron chi connectivity index (χ3n) is 4.64. The standard InChI is InChI=1S/C16H31N3O2S/c1-4-17-14(18-12-15(2)6-5-11-22-15)19-13-16(20-3)7-9-21-10-8-16/h4-13H2,1-3H3,(H2,17,18,19). The van der Waals surface area contributed by atoms with Gasteiger partial charge in [-0.2, -0.15) is 11.8 Å². The molecule has 2 N–H and O–H groups in total. The van der Waals surface area contributed by atoms with E-state index in [9.17, 15) is 0 Å². The number of rotatable bonds is 6. The van der Waals surface area contributed by atoms with E-state index in [-0.39, 0.29) is 5.60 Å². The number of methoxy groups -OCH3 is 1. The van der Waals surface area contributed by atoms with Crippen LogP contribution < -0.4 is 10.6 Å². The van der Waals surface area contributed by atoms with Crippen LogP contribution in [0.5, 0.6) is 0 Å². The Balaban J connectivity index is 1.90. The Kier molecular flexibility index (Phi) is 6.84. The SMILES string of the molecule is CCNC(=NCC1(OC)CCOCC1)NCC1(C)CCCS1. The Morgan fingerprint density at radius 3 is 2.64 bits per heavy atom. The number of aliphatic imine (C=N–C) groups is 1. The molecule has 0 aromatic rings. The van der Waals surface area contributed by atoms with Crippen LogP contribution in [0.25, 0.3) is 0 Å². The summed E-state index contributed by atoms with van der Waals surface area (Å²) in [6.45, 7) is 8.50. The van der Waals surface area contributed by atoms with Gasteiger partial charge in [-0.25, -0.2) is 0 Å². The van der Waals surface area contributed by atoms with Gasteiger partial charge in [-0.1, -0.05) is 0 Å². The van der Waals surface area contributed by atoms with Crippen LogP contribution in [-0.2, 0) is 9.47 Å². The molecule has 5 nitrogen and oxygen atoms in total. The van der Waals surface area contributed by atoms with Gasteiger partial charge in [0.15, 0.2) is 5.96 Å². The third kappa shape index (κ3) is 5.03. The minimum atomic E-state index is -0.160. The molecule has 0 amide bonds. The molecule has 0 bridgehead atoms. The molecule has 2 rings (SSSR count). The summed E-state index contributed by atoms with van der Waals surface area (Å²) in [5.74, 6) is 2.18. The lowest BCUT2D eigenvalue weighted by molar-refractivity contribution is -0.0828. The molecule has 1 unspecified atom stereocenters. The molecule has 128 valence electrons. The fraction of sp³-hybridized carbons (Fsp3) is 0.938. The monoisotopic (exact) mass is 329 g/mol. The van der Waals surface area contributed by atoms with E-state index in [0.717, 1.165) is 45.1 Å². The zero-order valence-electron chi connectivity index (χ0n) is 14.2. The highest BCUT2D eigenvalue weighted by atomic mass is 32.2. The first-order valence-corrected chi connectivity index (χ1v) is 9.39. The maximum absolute atomic E-state index is 5.76. The van der Waals surface area contributed by atoms with Gasteiger partial charge in [-0.15, -0.1) is 0 Å². The van der Waals surface area contributed by atoms with Crippen molar-refractivity contribution < 1.29 is 9.47 Å². The van der Waals surface area contributed by atoms with Gasteiger partial charge >= 0.3 is 0 Å². The maximum Gasteiger partial charge on any atom is 0.191 e. The van der Waals surface area contributed by atoms with Crippen LogP contribution in [0.3, 0.4) is 0 Å². The first-order chi connectivity index (χ1) is 10.6. The zero-order valence-corrected chi connectivity index (χ0v) is 15.1. The summed E-state index contributed by atoms with van der Waals surface area (Å²) in [7, 11) is 1.79. The van der Waals surface area contributed by atoms with E-state index in [1.807, 2.05) is 0 Å². The van der Waals surface area contributed by atoms with Gasteiger partial charge < -0.3 is 20.1 Å². The molecule has 2 heterocycles. The van der Waals surface area contributed by atoms with Gasteiger partial charge in [0.25, 0.3) is 0 Å². The topological polar surface area (TPSA) is 54.9 Å². The summed E-state index contributed by atoms with van der Waals surface area (Å²) in [6, 6.07) is 0. The van der Waals surface area contributed by atoms with Gasteiger partial charge in [-0.3, -0.25) is 4.99 Å². The van der Waals surface area contributed by atoms with Crippen LogP contribution in [0, 0.1) is 0 Å². The maximum atomic E-state index is 5.76. The normalized spacial score (nSPS) is 28.6. The van der Waals surface area contributed by atoms with E-state index in [0.29, 0.717) is 11.3 Å². The summed E-state index contributed by atoms with van der Waals surface area (Å²) in [5, 5.41) is 6.86. The Labute approximate surface area is 139 Å². The van der Waals surface area contributed by atoms with Gasteiger partial charge in [0.05, 0.1) is 12.1 Å². The Bertz CT molecular complexity index is 364. The average Bonchev–Trinajstić information content (AvgIpc) is 2.98. The number of ether oxygens (including phenoxy) is 2. The van der Waals surface area contributed by atoms with Crippen molar-refractivity contribution in [2.45, 2.75) is 49.9 Å². The first-order valence-electron chi connectivity index (χ1n) is 8.40. The van der Waals surface area contributed by atoms with E-state index < -0.39 is 0 Å². The van der Waals surface area contributed by atoms with Crippen molar-refractivity contribution >= 4 is 17.7 Å². The molecule has 0 radical (unpaired) electrons. The number of hydrogen-bond donors (Lipinski definition) is 2. The van der Waals surface area contributed by atoms with Crippen molar-refractivity contribution in [1.29, 1.82) is 0 Å². The van der Waals surface area contributed by atoms with Crippen LogP contribution >= 0.6 is 11.8 Å². The lowest BCUT2D eigenvalue weighted by Gasteiger charge is -2.34. The van der Waals surface area contributed by atoms with E-state index in [1.54, 1.807) is 7.11 Å². The quantitative estimate of drug-likeness (QED) is 0.577. The highest BCUT2D eigenvalue weighted by molar-refractivity contribution is 8.00. The number of thioether (sulfide) groups is 1. The van der Waals surface area contributed by atoms with E-state index in [2.05, 4.69) is 36.2 Å². The largest absolute Gasteiger partial charge is 0.381 e. The molecule has 2 fully saturated rings. The lowest BCUT2D eigenvalue weighted by Crippen LogP contribution is -2.46. The van der Waals surface area contributed by atoms with Crippen LogP contribution in [0.4, 0.5) is 0 Å². The van der Waals surface area contributed by atoms with Crippen molar-refractivity contribution in [3.8, 4) is 0 Å². The Hall–Kier alpha value is -0.460. The smallest absolute Gasteiger partial charge is 0.191 e. The Morgan fingerprint density at radius 1 is 1.27 bits per heavy atom. The van der Waals surface area contributed by atoms with Crippen molar-refractivity contribution in [3.63, 3.8) is 0 Å². The summed E-state index contributed by atoms with van der Waals surface area (Å²) < 4.78 is 11.5. The fourth-order valence-corrected chi connectivity index (χ4v) is 4.23. The highest BCUT2D eigenvalue weighted by Crippen LogP contribution is 2.36. The lowest BCUT2D eigenvalue weighted by atomic mass is 9.94. The van der Waals surface area contributed by atoms with Gasteiger partial charge in [0.1, 0.15) is 0 Å². The van der Waals surface area contributed by atoms with Crippen molar-refractivity contribution in [1.82, 2.24) is 10.6 Å². The summed E-state index contributed by atoms with van der Waals surface area (Å²) in [5.41, 5.74) is -0.160. The number of hydrogen-bond acceptors (Lipinski definition) is 4. The van der Waals surface area contributed by atoms with E-state index in [4.69, 9.17) is 14.5 Å². The second-order valence-corrected chi connectivity index (χ2v) is 8.13. The zero-order chi connectivity index (χ0) is 15.9. The van der Waals surface area contributed by atoms with Crippen molar-refractivity contribution in [3.05, 3.63) is 0 Å². The fourth-order valence-electron chi connectivity index (χ4n) is 2.98. The number of nitrogens with one attached hydrogen (secondary N) is 2. The molecule has 0 aliphatic carbocycles. The van der Waals surface area contributed by atoms with Gasteiger partial charge in [0.2, 0.25) is 0 Å². The molecule has 0 aromatic carbocycles. The third-order valence-corrected chi connectivity index (χ3v) is 6.18. The predicted molar refractivity (Wildman–Crippen MR) is 93.9 cm³/mol. The molecule has 2 aliphatic heterocycles. The van der Waals surface area contributed by atoms with Crippen molar-refractivity contribution in [2.75, 3.05) is 45.7 Å². The molecule has 0 spiro atoms. The van der Waals surface area contributed by atoms with Crippen LogP contribution in [0.15, 0.2) is 4.99 Å².